The minimum Gasteiger partial charge on any atom is -0.384 e. The molecule has 0 heterocycles. The quantitative estimate of drug-likeness (QED) is 0.489. The van der Waals surface area contributed by atoms with Gasteiger partial charge < -0.3 is 4.74 Å². The highest BCUT2D eigenvalue weighted by molar-refractivity contribution is 6.18. The summed E-state index contributed by atoms with van der Waals surface area (Å²) in [5, 5.41) is 0. The molecule has 0 amide bonds. The topological polar surface area (TPSA) is 9.23 Å². The van der Waals surface area contributed by atoms with Gasteiger partial charge >= 0.3 is 0 Å². The molecule has 1 aliphatic rings. The zero-order valence-corrected chi connectivity index (χ0v) is 8.44. The van der Waals surface area contributed by atoms with Crippen molar-refractivity contribution in [3.05, 3.63) is 12.2 Å². The second kappa shape index (κ2) is 4.88. The van der Waals surface area contributed by atoms with Crippen LogP contribution >= 0.6 is 11.6 Å². The molecule has 1 aliphatic carbocycles. The van der Waals surface area contributed by atoms with Gasteiger partial charge in [0.15, 0.2) is 0 Å². The van der Waals surface area contributed by atoms with Crippen molar-refractivity contribution in [3.8, 4) is 0 Å². The summed E-state index contributed by atoms with van der Waals surface area (Å²) < 4.78 is 5.22. The molecule has 0 aromatic heterocycles. The Kier molecular flexibility index (Phi) is 4.10. The van der Waals surface area contributed by atoms with Crippen LogP contribution in [0.3, 0.4) is 0 Å². The SMILES string of the molecule is COCC1(CCl)CCC=CCC1. The maximum atomic E-state index is 5.98. The summed E-state index contributed by atoms with van der Waals surface area (Å²) >= 11 is 5.98. The zero-order chi connectivity index (χ0) is 8.86. The average Bonchev–Trinajstić information content (AvgIpc) is 2.32. The van der Waals surface area contributed by atoms with Crippen LogP contribution in [-0.2, 0) is 4.74 Å². The molecular weight excluding hydrogens is 172 g/mol. The number of ether oxygens (including phenoxy) is 1. The van der Waals surface area contributed by atoms with E-state index < -0.39 is 0 Å². The summed E-state index contributed by atoms with van der Waals surface area (Å²) in [4.78, 5) is 0. The molecule has 0 bridgehead atoms. The summed E-state index contributed by atoms with van der Waals surface area (Å²) in [6.07, 6.45) is 9.14. The molecule has 0 radical (unpaired) electrons. The van der Waals surface area contributed by atoms with E-state index in [-0.39, 0.29) is 5.41 Å². The van der Waals surface area contributed by atoms with Gasteiger partial charge in [-0.05, 0) is 25.7 Å². The van der Waals surface area contributed by atoms with Crippen molar-refractivity contribution in [2.75, 3.05) is 19.6 Å². The van der Waals surface area contributed by atoms with Crippen LogP contribution in [0.4, 0.5) is 0 Å². The van der Waals surface area contributed by atoms with Crippen LogP contribution in [0.1, 0.15) is 25.7 Å². The van der Waals surface area contributed by atoms with Crippen molar-refractivity contribution in [2.24, 2.45) is 5.41 Å². The van der Waals surface area contributed by atoms with Gasteiger partial charge in [0.05, 0.1) is 6.61 Å². The maximum Gasteiger partial charge on any atom is 0.0530 e. The van der Waals surface area contributed by atoms with E-state index in [9.17, 15) is 0 Å². The minimum absolute atomic E-state index is 0.236. The standard InChI is InChI=1S/C10H17ClO/c1-12-9-10(8-11)6-4-2-3-5-7-10/h2-3H,4-9H2,1H3. The Balaban J connectivity index is 2.52. The second-order valence-corrected chi connectivity index (χ2v) is 3.88. The summed E-state index contributed by atoms with van der Waals surface area (Å²) in [7, 11) is 1.76. The molecule has 0 aliphatic heterocycles. The van der Waals surface area contributed by atoms with Crippen molar-refractivity contribution < 1.29 is 4.74 Å². The highest BCUT2D eigenvalue weighted by atomic mass is 35.5. The van der Waals surface area contributed by atoms with Gasteiger partial charge in [-0.15, -0.1) is 11.6 Å². The number of rotatable bonds is 3. The predicted octanol–water partition coefficient (Wildman–Crippen LogP) is 2.99. The molecule has 1 rings (SSSR count). The average molecular weight is 189 g/mol. The Labute approximate surface area is 79.7 Å². The molecule has 70 valence electrons. The molecule has 0 atom stereocenters. The molecule has 0 aromatic rings. The lowest BCUT2D eigenvalue weighted by molar-refractivity contribution is 0.0840. The Morgan fingerprint density at radius 2 is 1.92 bits per heavy atom. The van der Waals surface area contributed by atoms with Crippen LogP contribution in [0.25, 0.3) is 0 Å². The van der Waals surface area contributed by atoms with E-state index >= 15 is 0 Å². The summed E-state index contributed by atoms with van der Waals surface area (Å²) in [5.74, 6) is 0.725. The van der Waals surface area contributed by atoms with Crippen molar-refractivity contribution in [2.45, 2.75) is 25.7 Å². The number of hydrogen-bond acceptors (Lipinski definition) is 1. The van der Waals surface area contributed by atoms with Crippen molar-refractivity contribution >= 4 is 11.6 Å². The highest BCUT2D eigenvalue weighted by Gasteiger charge is 2.28. The van der Waals surface area contributed by atoms with Crippen molar-refractivity contribution in [1.29, 1.82) is 0 Å². The number of methoxy groups -OCH3 is 1. The van der Waals surface area contributed by atoms with Crippen LogP contribution in [0, 0.1) is 5.41 Å². The molecule has 0 saturated heterocycles. The van der Waals surface area contributed by atoms with E-state index in [2.05, 4.69) is 12.2 Å². The molecule has 0 spiro atoms. The number of hydrogen-bond donors (Lipinski definition) is 0. The number of alkyl halides is 1. The lowest BCUT2D eigenvalue weighted by Crippen LogP contribution is -2.27. The molecule has 0 aromatic carbocycles. The van der Waals surface area contributed by atoms with Gasteiger partial charge in [-0.2, -0.15) is 0 Å². The lowest BCUT2D eigenvalue weighted by Gasteiger charge is -2.29. The van der Waals surface area contributed by atoms with Crippen molar-refractivity contribution in [3.63, 3.8) is 0 Å². The van der Waals surface area contributed by atoms with Crippen LogP contribution in [0.5, 0.6) is 0 Å². The molecule has 2 heteroatoms. The van der Waals surface area contributed by atoms with Crippen LogP contribution in [-0.4, -0.2) is 19.6 Å². The fourth-order valence-electron chi connectivity index (χ4n) is 1.76. The van der Waals surface area contributed by atoms with E-state index in [0.29, 0.717) is 0 Å². The van der Waals surface area contributed by atoms with E-state index in [4.69, 9.17) is 16.3 Å². The van der Waals surface area contributed by atoms with Crippen LogP contribution < -0.4 is 0 Å². The van der Waals surface area contributed by atoms with Gasteiger partial charge in [-0.1, -0.05) is 12.2 Å². The zero-order valence-electron chi connectivity index (χ0n) is 7.68. The summed E-state index contributed by atoms with van der Waals surface area (Å²) in [6.45, 7) is 0.804. The van der Waals surface area contributed by atoms with E-state index in [1.807, 2.05) is 0 Å². The number of halogens is 1. The minimum atomic E-state index is 0.236. The van der Waals surface area contributed by atoms with E-state index in [1.54, 1.807) is 7.11 Å². The van der Waals surface area contributed by atoms with Gasteiger partial charge in [-0.25, -0.2) is 0 Å². The van der Waals surface area contributed by atoms with E-state index in [1.165, 1.54) is 12.8 Å². The third-order valence-electron chi connectivity index (χ3n) is 2.58. The summed E-state index contributed by atoms with van der Waals surface area (Å²) in [5.41, 5.74) is 0.236. The van der Waals surface area contributed by atoms with Gasteiger partial charge in [0, 0.05) is 18.4 Å². The molecule has 0 unspecified atom stereocenters. The van der Waals surface area contributed by atoms with Crippen molar-refractivity contribution in [1.82, 2.24) is 0 Å². The lowest BCUT2D eigenvalue weighted by atomic mass is 9.83. The third kappa shape index (κ3) is 2.49. The first-order valence-electron chi connectivity index (χ1n) is 4.53. The third-order valence-corrected chi connectivity index (χ3v) is 3.15. The number of allylic oxidation sites excluding steroid dienone is 2. The predicted molar refractivity (Wildman–Crippen MR) is 52.6 cm³/mol. The first-order valence-corrected chi connectivity index (χ1v) is 5.06. The molecule has 0 saturated carbocycles. The fraction of sp³-hybridized carbons (Fsp3) is 0.800. The van der Waals surface area contributed by atoms with Gasteiger partial charge in [-0.3, -0.25) is 0 Å². The highest BCUT2D eigenvalue weighted by Crippen LogP contribution is 2.34. The normalized spacial score (nSPS) is 22.2. The smallest absolute Gasteiger partial charge is 0.0530 e. The Morgan fingerprint density at radius 1 is 1.33 bits per heavy atom. The molecular formula is C10H17ClO. The molecule has 0 N–H and O–H groups in total. The summed E-state index contributed by atoms with van der Waals surface area (Å²) in [6, 6.07) is 0. The Bertz CT molecular complexity index is 144. The van der Waals surface area contributed by atoms with Crippen LogP contribution in [0.2, 0.25) is 0 Å². The first-order chi connectivity index (χ1) is 5.83. The monoisotopic (exact) mass is 188 g/mol. The molecule has 1 nitrogen and oxygen atoms in total. The fourth-order valence-corrected chi connectivity index (χ4v) is 2.11. The molecule has 12 heavy (non-hydrogen) atoms. The van der Waals surface area contributed by atoms with Crippen LogP contribution in [0.15, 0.2) is 12.2 Å². The van der Waals surface area contributed by atoms with Gasteiger partial charge in [0.2, 0.25) is 0 Å². The van der Waals surface area contributed by atoms with Gasteiger partial charge in [0.25, 0.3) is 0 Å². The maximum absolute atomic E-state index is 5.98. The Morgan fingerprint density at radius 3 is 2.33 bits per heavy atom. The first kappa shape index (κ1) is 10.1. The second-order valence-electron chi connectivity index (χ2n) is 3.62. The molecule has 0 fully saturated rings. The van der Waals surface area contributed by atoms with Gasteiger partial charge in [0.1, 0.15) is 0 Å². The van der Waals surface area contributed by atoms with E-state index in [0.717, 1.165) is 25.3 Å². The Hall–Kier alpha value is -0.0100. The largest absolute Gasteiger partial charge is 0.384 e.